The van der Waals surface area contributed by atoms with Crippen LogP contribution in [0.3, 0.4) is 0 Å². The number of ether oxygens (including phenoxy) is 3. The molecule has 2 aromatic rings. The van der Waals surface area contributed by atoms with Crippen molar-refractivity contribution in [2.24, 2.45) is 0 Å². The number of rotatable bonds is 8. The van der Waals surface area contributed by atoms with E-state index in [2.05, 4.69) is 0 Å². The van der Waals surface area contributed by atoms with Crippen molar-refractivity contribution in [3.05, 3.63) is 58.4 Å². The fourth-order valence-electron chi connectivity index (χ4n) is 2.58. The van der Waals surface area contributed by atoms with Gasteiger partial charge >= 0.3 is 0 Å². The first-order valence-electron chi connectivity index (χ1n) is 8.65. The Labute approximate surface area is 169 Å². The maximum atomic E-state index is 13.8. The Morgan fingerprint density at radius 2 is 1.89 bits per heavy atom. The Balaban J connectivity index is 2.10. The average Bonchev–Trinajstić information content (AvgIpc) is 2.67. The molecule has 0 bridgehead atoms. The second-order valence-corrected chi connectivity index (χ2v) is 6.37. The topological polar surface area (TPSA) is 48.0 Å². The number of hydrogen-bond donors (Lipinski definition) is 0. The highest BCUT2D eigenvalue weighted by Crippen LogP contribution is 2.36. The maximum Gasteiger partial charge on any atom is 0.246 e. The van der Waals surface area contributed by atoms with Crippen molar-refractivity contribution in [1.29, 1.82) is 0 Å². The predicted octanol–water partition coefficient (Wildman–Crippen LogP) is 4.57. The van der Waals surface area contributed by atoms with Crippen LogP contribution in [0.25, 0.3) is 6.08 Å². The summed E-state index contributed by atoms with van der Waals surface area (Å²) in [6, 6.07) is 8.03. The van der Waals surface area contributed by atoms with E-state index < -0.39 is 5.82 Å². The van der Waals surface area contributed by atoms with Crippen LogP contribution in [0.2, 0.25) is 5.02 Å². The highest BCUT2D eigenvalue weighted by atomic mass is 35.5. The standard InChI is InChI=1S/C21H23ClFNO4/c1-5-28-21-16(22)10-14(12-19(21)27-4)7-9-20(25)24(2)13-15-6-8-18(26-3)17(23)11-15/h6-12H,5,13H2,1-4H3/b9-7+. The molecule has 0 radical (unpaired) electrons. The highest BCUT2D eigenvalue weighted by molar-refractivity contribution is 6.32. The summed E-state index contributed by atoms with van der Waals surface area (Å²) in [5.41, 5.74) is 1.36. The van der Waals surface area contributed by atoms with E-state index in [0.717, 1.165) is 0 Å². The molecule has 2 aromatic carbocycles. The van der Waals surface area contributed by atoms with E-state index in [-0.39, 0.29) is 18.2 Å². The lowest BCUT2D eigenvalue weighted by Gasteiger charge is -2.16. The third-order valence-electron chi connectivity index (χ3n) is 3.97. The zero-order chi connectivity index (χ0) is 20.7. The molecular formula is C21H23ClFNO4. The first-order valence-corrected chi connectivity index (χ1v) is 9.03. The molecule has 0 saturated carbocycles. The van der Waals surface area contributed by atoms with Crippen LogP contribution < -0.4 is 14.2 Å². The van der Waals surface area contributed by atoms with Crippen LogP contribution in [-0.2, 0) is 11.3 Å². The van der Waals surface area contributed by atoms with Crippen molar-refractivity contribution in [3.63, 3.8) is 0 Å². The molecule has 0 heterocycles. The summed E-state index contributed by atoms with van der Waals surface area (Å²) < 4.78 is 29.5. The lowest BCUT2D eigenvalue weighted by Crippen LogP contribution is -2.24. The van der Waals surface area contributed by atoms with Gasteiger partial charge < -0.3 is 19.1 Å². The van der Waals surface area contributed by atoms with Gasteiger partial charge in [0.25, 0.3) is 0 Å². The molecule has 2 rings (SSSR count). The lowest BCUT2D eigenvalue weighted by atomic mass is 10.1. The Kier molecular flexibility index (Phi) is 7.70. The number of carbonyl (C=O) groups excluding carboxylic acids is 1. The molecule has 0 aliphatic rings. The van der Waals surface area contributed by atoms with Gasteiger partial charge in [-0.15, -0.1) is 0 Å². The number of likely N-dealkylation sites (N-methyl/N-ethyl adjacent to an activating group) is 1. The molecule has 0 aliphatic carbocycles. The Bertz CT molecular complexity index is 870. The fourth-order valence-corrected chi connectivity index (χ4v) is 2.85. The van der Waals surface area contributed by atoms with E-state index in [0.29, 0.717) is 34.3 Å². The molecule has 0 spiro atoms. The average molecular weight is 408 g/mol. The monoisotopic (exact) mass is 407 g/mol. The van der Waals surface area contributed by atoms with Gasteiger partial charge in [0, 0.05) is 19.7 Å². The summed E-state index contributed by atoms with van der Waals surface area (Å²) in [7, 11) is 4.57. The molecular weight excluding hydrogens is 385 g/mol. The van der Waals surface area contributed by atoms with Crippen LogP contribution in [0, 0.1) is 5.82 Å². The molecule has 150 valence electrons. The van der Waals surface area contributed by atoms with E-state index in [4.69, 9.17) is 25.8 Å². The maximum absolute atomic E-state index is 13.8. The minimum absolute atomic E-state index is 0.166. The summed E-state index contributed by atoms with van der Waals surface area (Å²) in [6.07, 6.45) is 3.06. The predicted molar refractivity (Wildman–Crippen MR) is 108 cm³/mol. The van der Waals surface area contributed by atoms with Crippen LogP contribution in [0.4, 0.5) is 4.39 Å². The van der Waals surface area contributed by atoms with Crippen molar-refractivity contribution in [2.75, 3.05) is 27.9 Å². The molecule has 5 nitrogen and oxygen atoms in total. The minimum Gasteiger partial charge on any atom is -0.494 e. The zero-order valence-electron chi connectivity index (χ0n) is 16.3. The van der Waals surface area contributed by atoms with E-state index in [1.165, 1.54) is 37.3 Å². The van der Waals surface area contributed by atoms with Crippen molar-refractivity contribution in [2.45, 2.75) is 13.5 Å². The van der Waals surface area contributed by atoms with E-state index in [1.807, 2.05) is 6.92 Å². The largest absolute Gasteiger partial charge is 0.494 e. The van der Waals surface area contributed by atoms with Crippen LogP contribution in [0.5, 0.6) is 17.2 Å². The van der Waals surface area contributed by atoms with Gasteiger partial charge in [0.15, 0.2) is 23.1 Å². The quantitative estimate of drug-likeness (QED) is 0.601. The third kappa shape index (κ3) is 5.39. The number of methoxy groups -OCH3 is 2. The van der Waals surface area contributed by atoms with E-state index >= 15 is 0 Å². The summed E-state index contributed by atoms with van der Waals surface area (Å²) in [4.78, 5) is 13.8. The number of amides is 1. The van der Waals surface area contributed by atoms with E-state index in [9.17, 15) is 9.18 Å². The first-order chi connectivity index (χ1) is 13.4. The van der Waals surface area contributed by atoms with Crippen LogP contribution in [0.1, 0.15) is 18.1 Å². The van der Waals surface area contributed by atoms with Gasteiger partial charge in [-0.25, -0.2) is 4.39 Å². The Morgan fingerprint density at radius 3 is 2.50 bits per heavy atom. The molecule has 28 heavy (non-hydrogen) atoms. The SMILES string of the molecule is CCOc1c(Cl)cc(/C=C/C(=O)N(C)Cc2ccc(OC)c(F)c2)cc1OC. The van der Waals surface area contributed by atoms with Crippen LogP contribution >= 0.6 is 11.6 Å². The van der Waals surface area contributed by atoms with Crippen molar-refractivity contribution >= 4 is 23.6 Å². The Hall–Kier alpha value is -2.73. The van der Waals surface area contributed by atoms with Gasteiger partial charge in [-0.3, -0.25) is 4.79 Å². The van der Waals surface area contributed by atoms with Gasteiger partial charge in [-0.2, -0.15) is 0 Å². The highest BCUT2D eigenvalue weighted by Gasteiger charge is 2.12. The first kappa shape index (κ1) is 21.6. The molecule has 0 aliphatic heterocycles. The molecule has 1 amide bonds. The number of hydrogen-bond acceptors (Lipinski definition) is 4. The zero-order valence-corrected chi connectivity index (χ0v) is 17.0. The summed E-state index contributed by atoms with van der Waals surface area (Å²) in [5, 5.41) is 0.398. The number of benzene rings is 2. The molecule has 0 aromatic heterocycles. The smallest absolute Gasteiger partial charge is 0.246 e. The normalized spacial score (nSPS) is 10.8. The van der Waals surface area contributed by atoms with Crippen LogP contribution in [0.15, 0.2) is 36.4 Å². The van der Waals surface area contributed by atoms with Gasteiger partial charge in [-0.05, 0) is 48.4 Å². The van der Waals surface area contributed by atoms with Gasteiger partial charge in [0.05, 0.1) is 25.8 Å². The summed E-state index contributed by atoms with van der Waals surface area (Å²) >= 11 is 6.24. The third-order valence-corrected chi connectivity index (χ3v) is 4.25. The van der Waals surface area contributed by atoms with Crippen molar-refractivity contribution in [1.82, 2.24) is 4.90 Å². The summed E-state index contributed by atoms with van der Waals surface area (Å²) in [5.74, 6) is 0.420. The molecule has 7 heteroatoms. The molecule has 0 N–H and O–H groups in total. The van der Waals surface area contributed by atoms with Crippen LogP contribution in [-0.4, -0.2) is 38.7 Å². The number of carbonyl (C=O) groups is 1. The molecule has 0 unspecified atom stereocenters. The number of halogens is 2. The van der Waals surface area contributed by atoms with Gasteiger partial charge in [-0.1, -0.05) is 17.7 Å². The second kappa shape index (κ2) is 9.99. The Morgan fingerprint density at radius 1 is 1.18 bits per heavy atom. The van der Waals surface area contributed by atoms with Crippen molar-refractivity contribution in [3.8, 4) is 17.2 Å². The molecule has 0 fully saturated rings. The van der Waals surface area contributed by atoms with Gasteiger partial charge in [0.2, 0.25) is 5.91 Å². The fraction of sp³-hybridized carbons (Fsp3) is 0.286. The number of nitrogens with zero attached hydrogens (tertiary/aromatic N) is 1. The molecule has 0 atom stereocenters. The minimum atomic E-state index is -0.465. The summed E-state index contributed by atoms with van der Waals surface area (Å²) in [6.45, 7) is 2.57. The molecule has 0 saturated heterocycles. The second-order valence-electron chi connectivity index (χ2n) is 5.96. The van der Waals surface area contributed by atoms with E-state index in [1.54, 1.807) is 31.3 Å². The lowest BCUT2D eigenvalue weighted by molar-refractivity contribution is -0.125. The van der Waals surface area contributed by atoms with Gasteiger partial charge in [0.1, 0.15) is 0 Å². The van der Waals surface area contributed by atoms with Crippen molar-refractivity contribution < 1.29 is 23.4 Å².